The Morgan fingerprint density at radius 3 is 2.77 bits per heavy atom. The van der Waals surface area contributed by atoms with E-state index in [0.29, 0.717) is 18.9 Å². The molecule has 1 aromatic heterocycles. The average Bonchev–Trinajstić information content (AvgIpc) is 3.26. The van der Waals surface area contributed by atoms with Gasteiger partial charge in [-0.3, -0.25) is 4.68 Å². The minimum Gasteiger partial charge on any atom is -0.493 e. The number of aromatic nitrogens is 2. The third-order valence-corrected chi connectivity index (χ3v) is 4.90. The molecule has 0 atom stereocenters. The number of carboxylic acids is 1. The number of hydrogen-bond acceptors (Lipinski definition) is 3. The average molecular weight is 398 g/mol. The van der Waals surface area contributed by atoms with E-state index in [9.17, 15) is 4.79 Å². The molecule has 0 saturated heterocycles. The van der Waals surface area contributed by atoms with Gasteiger partial charge in [-0.15, -0.1) is 0 Å². The molecule has 0 unspecified atom stereocenters. The SMILES string of the molecule is O=C(O)C=Cc1ccc(Cn2cccn2)cc1OCCc1cccc2ccccc12. The summed E-state index contributed by atoms with van der Waals surface area (Å²) in [4.78, 5) is 10.9. The Bertz CT molecular complexity index is 1170. The van der Waals surface area contributed by atoms with E-state index in [1.54, 1.807) is 12.3 Å². The number of fused-ring (bicyclic) bond motifs is 1. The van der Waals surface area contributed by atoms with E-state index in [0.717, 1.165) is 23.6 Å². The van der Waals surface area contributed by atoms with Crippen LogP contribution < -0.4 is 4.74 Å². The summed E-state index contributed by atoms with van der Waals surface area (Å²) in [5, 5.41) is 15.6. The van der Waals surface area contributed by atoms with Gasteiger partial charge in [-0.25, -0.2) is 4.79 Å². The van der Waals surface area contributed by atoms with Crippen LogP contribution in [0.15, 0.2) is 85.2 Å². The molecule has 0 aliphatic carbocycles. The second-order valence-electron chi connectivity index (χ2n) is 6.98. The van der Waals surface area contributed by atoms with E-state index in [1.807, 2.05) is 47.3 Å². The molecule has 0 amide bonds. The number of rotatable bonds is 8. The van der Waals surface area contributed by atoms with Crippen molar-refractivity contribution in [1.29, 1.82) is 0 Å². The van der Waals surface area contributed by atoms with Gasteiger partial charge in [0, 0.05) is 30.5 Å². The molecule has 4 aromatic rings. The third kappa shape index (κ3) is 4.75. The topological polar surface area (TPSA) is 64.3 Å². The van der Waals surface area contributed by atoms with Crippen LogP contribution in [0.1, 0.15) is 16.7 Å². The fourth-order valence-corrected chi connectivity index (χ4v) is 3.46. The molecular weight excluding hydrogens is 376 g/mol. The van der Waals surface area contributed by atoms with Gasteiger partial charge in [-0.05, 0) is 40.1 Å². The number of carboxylic acid groups (broad SMARTS) is 1. The van der Waals surface area contributed by atoms with Crippen LogP contribution in [0.2, 0.25) is 0 Å². The summed E-state index contributed by atoms with van der Waals surface area (Å²) in [5.74, 6) is -0.324. The monoisotopic (exact) mass is 398 g/mol. The van der Waals surface area contributed by atoms with Crippen LogP contribution in [0.3, 0.4) is 0 Å². The summed E-state index contributed by atoms with van der Waals surface area (Å²) in [6.07, 6.45) is 7.09. The Morgan fingerprint density at radius 2 is 1.93 bits per heavy atom. The highest BCUT2D eigenvalue weighted by atomic mass is 16.5. The van der Waals surface area contributed by atoms with E-state index >= 15 is 0 Å². The smallest absolute Gasteiger partial charge is 0.328 e. The normalized spacial score (nSPS) is 11.2. The summed E-state index contributed by atoms with van der Waals surface area (Å²) in [7, 11) is 0. The molecule has 0 aliphatic rings. The first-order valence-corrected chi connectivity index (χ1v) is 9.80. The predicted octanol–water partition coefficient (Wildman–Crippen LogP) is 4.80. The molecule has 3 aromatic carbocycles. The highest BCUT2D eigenvalue weighted by Crippen LogP contribution is 2.24. The van der Waals surface area contributed by atoms with Crippen molar-refractivity contribution < 1.29 is 14.6 Å². The molecule has 150 valence electrons. The van der Waals surface area contributed by atoms with Gasteiger partial charge in [0.05, 0.1) is 13.2 Å². The maximum Gasteiger partial charge on any atom is 0.328 e. The van der Waals surface area contributed by atoms with Crippen molar-refractivity contribution in [2.45, 2.75) is 13.0 Å². The lowest BCUT2D eigenvalue weighted by Gasteiger charge is -2.13. The van der Waals surface area contributed by atoms with E-state index in [-0.39, 0.29) is 0 Å². The van der Waals surface area contributed by atoms with Crippen molar-refractivity contribution in [2.75, 3.05) is 6.61 Å². The van der Waals surface area contributed by atoms with Gasteiger partial charge in [0.1, 0.15) is 5.75 Å². The van der Waals surface area contributed by atoms with Crippen LogP contribution >= 0.6 is 0 Å². The molecule has 0 radical (unpaired) electrons. The highest BCUT2D eigenvalue weighted by molar-refractivity contribution is 5.86. The van der Waals surface area contributed by atoms with Gasteiger partial charge in [-0.2, -0.15) is 5.10 Å². The van der Waals surface area contributed by atoms with Crippen LogP contribution in [0.4, 0.5) is 0 Å². The number of ether oxygens (including phenoxy) is 1. The molecule has 4 rings (SSSR count). The maximum absolute atomic E-state index is 10.9. The molecule has 1 heterocycles. The molecular formula is C25H22N2O3. The summed E-state index contributed by atoms with van der Waals surface area (Å²) < 4.78 is 7.94. The number of nitrogens with zero attached hydrogens (tertiary/aromatic N) is 2. The van der Waals surface area contributed by atoms with Gasteiger partial charge in [0.15, 0.2) is 0 Å². The maximum atomic E-state index is 10.9. The molecule has 5 heteroatoms. The first-order valence-electron chi connectivity index (χ1n) is 9.80. The van der Waals surface area contributed by atoms with Crippen molar-refractivity contribution >= 4 is 22.8 Å². The van der Waals surface area contributed by atoms with Crippen LogP contribution in [0.5, 0.6) is 5.75 Å². The Kier molecular flexibility index (Phi) is 5.90. The van der Waals surface area contributed by atoms with Gasteiger partial charge < -0.3 is 9.84 Å². The molecule has 1 N–H and O–H groups in total. The highest BCUT2D eigenvalue weighted by Gasteiger charge is 2.07. The lowest BCUT2D eigenvalue weighted by atomic mass is 10.0. The van der Waals surface area contributed by atoms with Crippen LogP contribution in [0, 0.1) is 0 Å². The standard InChI is InChI=1S/C25H22N2O3/c28-25(29)12-11-22-10-9-19(18-27-15-4-14-26-27)17-24(22)30-16-13-21-7-3-6-20-5-1-2-8-23(20)21/h1-12,14-15,17H,13,16,18H2,(H,28,29). The van der Waals surface area contributed by atoms with E-state index in [2.05, 4.69) is 35.4 Å². The Balaban J connectivity index is 1.53. The van der Waals surface area contributed by atoms with Crippen LogP contribution in [0.25, 0.3) is 16.8 Å². The molecule has 0 bridgehead atoms. The van der Waals surface area contributed by atoms with Crippen LogP contribution in [-0.4, -0.2) is 27.5 Å². The van der Waals surface area contributed by atoms with Gasteiger partial charge in [0.25, 0.3) is 0 Å². The lowest BCUT2D eigenvalue weighted by Crippen LogP contribution is -2.05. The number of aliphatic carboxylic acids is 1. The zero-order valence-corrected chi connectivity index (χ0v) is 16.4. The summed E-state index contributed by atoms with van der Waals surface area (Å²) in [6, 6.07) is 22.3. The number of hydrogen-bond donors (Lipinski definition) is 1. The zero-order valence-electron chi connectivity index (χ0n) is 16.4. The van der Waals surface area contributed by atoms with Gasteiger partial charge >= 0.3 is 5.97 Å². The van der Waals surface area contributed by atoms with Gasteiger partial charge in [-0.1, -0.05) is 54.6 Å². The molecule has 0 saturated carbocycles. The zero-order chi connectivity index (χ0) is 20.8. The Labute approximate surface area is 174 Å². The molecule has 0 fully saturated rings. The molecule has 0 spiro atoms. The minimum absolute atomic E-state index is 0.493. The third-order valence-electron chi connectivity index (χ3n) is 4.90. The summed E-state index contributed by atoms with van der Waals surface area (Å²) in [6.45, 7) is 1.11. The fraction of sp³-hybridized carbons (Fsp3) is 0.120. The molecule has 5 nitrogen and oxygen atoms in total. The minimum atomic E-state index is -0.989. The predicted molar refractivity (Wildman–Crippen MR) is 118 cm³/mol. The number of benzene rings is 3. The van der Waals surface area contributed by atoms with E-state index in [1.165, 1.54) is 16.3 Å². The largest absolute Gasteiger partial charge is 0.493 e. The summed E-state index contributed by atoms with van der Waals surface area (Å²) >= 11 is 0. The van der Waals surface area contributed by atoms with Crippen molar-refractivity contribution in [3.8, 4) is 5.75 Å². The fourth-order valence-electron chi connectivity index (χ4n) is 3.46. The van der Waals surface area contributed by atoms with Crippen molar-refractivity contribution in [2.24, 2.45) is 0 Å². The van der Waals surface area contributed by atoms with E-state index in [4.69, 9.17) is 9.84 Å². The summed E-state index contributed by atoms with van der Waals surface area (Å²) in [5.41, 5.74) is 2.99. The second kappa shape index (κ2) is 9.09. The Morgan fingerprint density at radius 1 is 1.07 bits per heavy atom. The molecule has 30 heavy (non-hydrogen) atoms. The Hall–Kier alpha value is -3.86. The molecule has 0 aliphatic heterocycles. The van der Waals surface area contributed by atoms with Crippen molar-refractivity contribution in [3.05, 3.63) is 102 Å². The van der Waals surface area contributed by atoms with Gasteiger partial charge in [0.2, 0.25) is 0 Å². The second-order valence-corrected chi connectivity index (χ2v) is 6.98. The first kappa shape index (κ1) is 19.5. The quantitative estimate of drug-likeness (QED) is 0.433. The van der Waals surface area contributed by atoms with Crippen molar-refractivity contribution in [1.82, 2.24) is 9.78 Å². The van der Waals surface area contributed by atoms with Crippen molar-refractivity contribution in [3.63, 3.8) is 0 Å². The van der Waals surface area contributed by atoms with E-state index < -0.39 is 5.97 Å². The number of carbonyl (C=O) groups is 1. The van der Waals surface area contributed by atoms with Crippen LogP contribution in [-0.2, 0) is 17.8 Å². The first-order chi connectivity index (χ1) is 14.7. The lowest BCUT2D eigenvalue weighted by molar-refractivity contribution is -0.131.